The highest BCUT2D eigenvalue weighted by Gasteiger charge is 2.33. The number of carbonyl (C=O) groups excluding carboxylic acids is 1. The van der Waals surface area contributed by atoms with Gasteiger partial charge in [-0.15, -0.1) is 0 Å². The first-order valence-electron chi connectivity index (χ1n) is 9.55. The number of aryl methyl sites for hydroxylation is 2. The zero-order chi connectivity index (χ0) is 20.1. The molecule has 1 atom stereocenters. The largest absolute Gasteiger partial charge is 0.496 e. The van der Waals surface area contributed by atoms with E-state index in [1.165, 1.54) is 29.5 Å². The topological polar surface area (TPSA) is 47.6 Å². The summed E-state index contributed by atoms with van der Waals surface area (Å²) in [7, 11) is 1.75. The molecule has 1 aliphatic carbocycles. The standard InChI is InChI=1S/C15H22O.C7H15NO2/c1-10-8-13-11(2)15(3,4)7-6-12(13)9-14(10)16-5;1-5-8-6(9)10-7(2,3)4/h8-9,11H,6-7H2,1-5H3;5H2,1-4H3,(H,8,9). The third kappa shape index (κ3) is 6.22. The summed E-state index contributed by atoms with van der Waals surface area (Å²) < 4.78 is 10.3. The van der Waals surface area contributed by atoms with Crippen LogP contribution in [0.4, 0.5) is 4.79 Å². The van der Waals surface area contributed by atoms with Gasteiger partial charge in [0.05, 0.1) is 7.11 Å². The smallest absolute Gasteiger partial charge is 0.407 e. The third-order valence-electron chi connectivity index (χ3n) is 5.05. The Labute approximate surface area is 159 Å². The molecular weight excluding hydrogens is 326 g/mol. The second-order valence-corrected chi connectivity index (χ2v) is 8.76. The van der Waals surface area contributed by atoms with Gasteiger partial charge in [0.1, 0.15) is 11.4 Å². The number of methoxy groups -OCH3 is 1. The van der Waals surface area contributed by atoms with E-state index in [4.69, 9.17) is 9.47 Å². The maximum absolute atomic E-state index is 10.7. The highest BCUT2D eigenvalue weighted by atomic mass is 16.6. The first-order chi connectivity index (χ1) is 11.9. The molecule has 0 saturated heterocycles. The first kappa shape index (κ1) is 22.3. The van der Waals surface area contributed by atoms with Crippen LogP contribution in [0.3, 0.4) is 0 Å². The molecule has 0 spiro atoms. The van der Waals surface area contributed by atoms with E-state index in [2.05, 4.69) is 45.1 Å². The Balaban J connectivity index is 0.000000294. The lowest BCUT2D eigenvalue weighted by Gasteiger charge is -2.38. The molecule has 1 aliphatic rings. The molecule has 0 aliphatic heterocycles. The summed E-state index contributed by atoms with van der Waals surface area (Å²) in [6.07, 6.45) is 2.10. The minimum Gasteiger partial charge on any atom is -0.496 e. The number of benzene rings is 1. The van der Waals surface area contributed by atoms with Crippen molar-refractivity contribution >= 4 is 6.09 Å². The average Bonchev–Trinajstić information content (AvgIpc) is 2.50. The second kappa shape index (κ2) is 8.79. The molecule has 0 aromatic heterocycles. The molecule has 2 rings (SSSR count). The van der Waals surface area contributed by atoms with Crippen LogP contribution < -0.4 is 10.1 Å². The fourth-order valence-electron chi connectivity index (χ4n) is 3.14. The van der Waals surface area contributed by atoms with E-state index in [0.29, 0.717) is 17.9 Å². The molecule has 0 fully saturated rings. The van der Waals surface area contributed by atoms with Gasteiger partial charge in [-0.3, -0.25) is 0 Å². The van der Waals surface area contributed by atoms with Gasteiger partial charge >= 0.3 is 6.09 Å². The van der Waals surface area contributed by atoms with E-state index in [9.17, 15) is 4.79 Å². The molecule has 1 unspecified atom stereocenters. The summed E-state index contributed by atoms with van der Waals surface area (Å²) >= 11 is 0. The molecular formula is C22H37NO3. The fourth-order valence-corrected chi connectivity index (χ4v) is 3.14. The van der Waals surface area contributed by atoms with Crippen LogP contribution in [0.25, 0.3) is 0 Å². The molecule has 1 amide bonds. The van der Waals surface area contributed by atoms with Gasteiger partial charge in [-0.1, -0.05) is 26.8 Å². The number of nitrogens with one attached hydrogen (secondary N) is 1. The van der Waals surface area contributed by atoms with Gasteiger partial charge in [0, 0.05) is 6.54 Å². The predicted molar refractivity (Wildman–Crippen MR) is 108 cm³/mol. The molecule has 1 N–H and O–H groups in total. The zero-order valence-electron chi connectivity index (χ0n) is 18.1. The lowest BCUT2D eigenvalue weighted by molar-refractivity contribution is 0.0531. The highest BCUT2D eigenvalue weighted by Crippen LogP contribution is 2.46. The number of carbonyl (C=O) groups is 1. The molecule has 26 heavy (non-hydrogen) atoms. The predicted octanol–water partition coefficient (Wildman–Crippen LogP) is 5.61. The molecule has 4 heteroatoms. The van der Waals surface area contributed by atoms with Crippen LogP contribution in [0.2, 0.25) is 0 Å². The van der Waals surface area contributed by atoms with E-state index < -0.39 is 0 Å². The van der Waals surface area contributed by atoms with Crippen LogP contribution in [-0.2, 0) is 11.2 Å². The van der Waals surface area contributed by atoms with Gasteiger partial charge in [0.15, 0.2) is 0 Å². The first-order valence-corrected chi connectivity index (χ1v) is 9.55. The maximum atomic E-state index is 10.7. The number of fused-ring (bicyclic) bond motifs is 1. The normalized spacial score (nSPS) is 18.1. The van der Waals surface area contributed by atoms with Crippen molar-refractivity contribution in [3.8, 4) is 5.75 Å². The van der Waals surface area contributed by atoms with E-state index >= 15 is 0 Å². The van der Waals surface area contributed by atoms with E-state index in [0.717, 1.165) is 5.75 Å². The van der Waals surface area contributed by atoms with Crippen LogP contribution in [0.15, 0.2) is 12.1 Å². The van der Waals surface area contributed by atoms with Crippen molar-refractivity contribution in [3.05, 3.63) is 28.8 Å². The van der Waals surface area contributed by atoms with E-state index in [1.807, 2.05) is 27.7 Å². The summed E-state index contributed by atoms with van der Waals surface area (Å²) in [5.74, 6) is 1.67. The van der Waals surface area contributed by atoms with Gasteiger partial charge in [-0.05, 0) is 81.5 Å². The Kier molecular flexibility index (Phi) is 7.55. The molecule has 4 nitrogen and oxygen atoms in total. The Morgan fingerprint density at radius 3 is 2.42 bits per heavy atom. The lowest BCUT2D eigenvalue weighted by Crippen LogP contribution is -2.32. The molecule has 1 aromatic carbocycles. The number of hydrogen-bond acceptors (Lipinski definition) is 3. The van der Waals surface area contributed by atoms with Crippen molar-refractivity contribution in [1.29, 1.82) is 0 Å². The Morgan fingerprint density at radius 2 is 1.92 bits per heavy atom. The third-order valence-corrected chi connectivity index (χ3v) is 5.05. The maximum Gasteiger partial charge on any atom is 0.407 e. The minimum absolute atomic E-state index is 0.352. The molecule has 0 saturated carbocycles. The summed E-state index contributed by atoms with van der Waals surface area (Å²) in [6, 6.07) is 4.55. The van der Waals surface area contributed by atoms with Gasteiger partial charge in [0.25, 0.3) is 0 Å². The molecule has 1 aromatic rings. The van der Waals surface area contributed by atoms with Crippen LogP contribution in [0.5, 0.6) is 5.75 Å². The Bertz CT molecular complexity index is 615. The van der Waals surface area contributed by atoms with Crippen LogP contribution in [0.1, 0.15) is 77.5 Å². The number of ether oxygens (including phenoxy) is 2. The summed E-state index contributed by atoms with van der Waals surface area (Å²) in [5.41, 5.74) is 4.29. The number of alkyl carbamates (subject to hydrolysis) is 1. The quantitative estimate of drug-likeness (QED) is 0.743. The van der Waals surface area contributed by atoms with Gasteiger partial charge in [0.2, 0.25) is 0 Å². The Hall–Kier alpha value is -1.71. The van der Waals surface area contributed by atoms with Crippen molar-refractivity contribution in [1.82, 2.24) is 5.32 Å². The lowest BCUT2D eigenvalue weighted by atomic mass is 9.67. The Morgan fingerprint density at radius 1 is 1.31 bits per heavy atom. The average molecular weight is 364 g/mol. The zero-order valence-corrected chi connectivity index (χ0v) is 18.1. The van der Waals surface area contributed by atoms with Gasteiger partial charge < -0.3 is 14.8 Å². The van der Waals surface area contributed by atoms with Crippen molar-refractivity contribution in [2.75, 3.05) is 13.7 Å². The highest BCUT2D eigenvalue weighted by molar-refractivity contribution is 5.67. The fraction of sp³-hybridized carbons (Fsp3) is 0.682. The van der Waals surface area contributed by atoms with Gasteiger partial charge in [-0.25, -0.2) is 4.79 Å². The second-order valence-electron chi connectivity index (χ2n) is 8.76. The summed E-state index contributed by atoms with van der Waals surface area (Å²) in [6.45, 7) is 17.2. The number of amides is 1. The number of rotatable bonds is 2. The van der Waals surface area contributed by atoms with Crippen LogP contribution in [0, 0.1) is 12.3 Å². The molecule has 0 radical (unpaired) electrons. The van der Waals surface area contributed by atoms with Crippen molar-refractivity contribution in [2.24, 2.45) is 5.41 Å². The SMILES string of the molecule is CCNC(=O)OC(C)(C)C.COc1cc2c(cc1C)C(C)C(C)(C)CC2. The van der Waals surface area contributed by atoms with Crippen molar-refractivity contribution < 1.29 is 14.3 Å². The van der Waals surface area contributed by atoms with E-state index in [1.54, 1.807) is 7.11 Å². The van der Waals surface area contributed by atoms with Crippen molar-refractivity contribution in [3.63, 3.8) is 0 Å². The summed E-state index contributed by atoms with van der Waals surface area (Å²) in [4.78, 5) is 10.7. The van der Waals surface area contributed by atoms with E-state index in [-0.39, 0.29) is 11.7 Å². The minimum atomic E-state index is -0.390. The molecule has 148 valence electrons. The van der Waals surface area contributed by atoms with Crippen LogP contribution in [-0.4, -0.2) is 25.3 Å². The molecule has 0 heterocycles. The van der Waals surface area contributed by atoms with Crippen LogP contribution >= 0.6 is 0 Å². The number of hydrogen-bond donors (Lipinski definition) is 1. The van der Waals surface area contributed by atoms with Gasteiger partial charge in [-0.2, -0.15) is 0 Å². The summed E-state index contributed by atoms with van der Waals surface area (Å²) in [5, 5.41) is 2.54. The molecule has 0 bridgehead atoms. The monoisotopic (exact) mass is 363 g/mol. The van der Waals surface area contributed by atoms with Crippen molar-refractivity contribution in [2.45, 2.75) is 79.8 Å².